The van der Waals surface area contributed by atoms with Crippen molar-refractivity contribution in [3.63, 3.8) is 0 Å². The molecular formula is C17H23N3O3S. The molecule has 6 nitrogen and oxygen atoms in total. The SMILES string of the molecule is Cc1cncc(C(=O)N2CCN(CC3CC3)C3CS(=O)(=O)CC32)c1. The van der Waals surface area contributed by atoms with Crippen LogP contribution in [0, 0.1) is 12.8 Å². The lowest BCUT2D eigenvalue weighted by molar-refractivity contribution is 0.0317. The molecule has 1 aromatic heterocycles. The van der Waals surface area contributed by atoms with Gasteiger partial charge in [0.15, 0.2) is 9.84 Å². The van der Waals surface area contributed by atoms with E-state index in [0.29, 0.717) is 12.1 Å². The lowest BCUT2D eigenvalue weighted by atomic mass is 10.0. The number of hydrogen-bond acceptors (Lipinski definition) is 5. The number of pyridine rings is 1. The lowest BCUT2D eigenvalue weighted by Gasteiger charge is -2.44. The molecule has 0 bridgehead atoms. The highest BCUT2D eigenvalue weighted by Crippen LogP contribution is 2.34. The maximum absolute atomic E-state index is 12.9. The van der Waals surface area contributed by atoms with Crippen molar-refractivity contribution in [1.82, 2.24) is 14.8 Å². The summed E-state index contributed by atoms with van der Waals surface area (Å²) in [6.45, 7) is 4.24. The molecule has 0 N–H and O–H groups in total. The summed E-state index contributed by atoms with van der Waals surface area (Å²) in [5, 5.41) is 0. The van der Waals surface area contributed by atoms with Crippen LogP contribution in [0.25, 0.3) is 0 Å². The van der Waals surface area contributed by atoms with E-state index in [9.17, 15) is 13.2 Å². The Hall–Kier alpha value is -1.47. The van der Waals surface area contributed by atoms with Crippen molar-refractivity contribution in [2.24, 2.45) is 5.92 Å². The van der Waals surface area contributed by atoms with Gasteiger partial charge in [0.25, 0.3) is 5.91 Å². The van der Waals surface area contributed by atoms with E-state index in [0.717, 1.165) is 24.6 Å². The molecule has 3 aliphatic rings. The van der Waals surface area contributed by atoms with Crippen molar-refractivity contribution in [1.29, 1.82) is 0 Å². The molecule has 130 valence electrons. The maximum atomic E-state index is 12.9. The predicted octanol–water partition coefficient (Wildman–Crippen LogP) is 0.723. The monoisotopic (exact) mass is 349 g/mol. The van der Waals surface area contributed by atoms with Gasteiger partial charge in [0.2, 0.25) is 0 Å². The number of amides is 1. The van der Waals surface area contributed by atoms with Gasteiger partial charge in [-0.3, -0.25) is 14.7 Å². The Morgan fingerprint density at radius 2 is 1.96 bits per heavy atom. The molecule has 1 aromatic rings. The van der Waals surface area contributed by atoms with Gasteiger partial charge >= 0.3 is 0 Å². The van der Waals surface area contributed by atoms with Crippen LogP contribution in [0.3, 0.4) is 0 Å². The first-order valence-electron chi connectivity index (χ1n) is 8.60. The van der Waals surface area contributed by atoms with Gasteiger partial charge in [-0.15, -0.1) is 0 Å². The Balaban J connectivity index is 1.59. The number of carbonyl (C=O) groups is 1. The molecule has 4 rings (SSSR count). The van der Waals surface area contributed by atoms with E-state index in [1.165, 1.54) is 12.8 Å². The average molecular weight is 349 g/mol. The highest BCUT2D eigenvalue weighted by molar-refractivity contribution is 7.91. The Morgan fingerprint density at radius 3 is 2.67 bits per heavy atom. The van der Waals surface area contributed by atoms with Gasteiger partial charge < -0.3 is 4.90 Å². The molecule has 2 unspecified atom stereocenters. The maximum Gasteiger partial charge on any atom is 0.255 e. The smallest absolute Gasteiger partial charge is 0.255 e. The lowest BCUT2D eigenvalue weighted by Crippen LogP contribution is -2.60. The standard InChI is InChI=1S/C17H23N3O3S/c1-12-6-14(8-18-7-12)17(21)20-5-4-19(9-13-2-3-13)15-10-24(22,23)11-16(15)20/h6-8,13,15-16H,2-5,9-11H2,1H3. The van der Waals surface area contributed by atoms with Crippen LogP contribution in [0.15, 0.2) is 18.5 Å². The molecule has 0 spiro atoms. The highest BCUT2D eigenvalue weighted by Gasteiger charge is 2.48. The molecule has 1 amide bonds. The summed E-state index contributed by atoms with van der Waals surface area (Å²) < 4.78 is 24.5. The topological polar surface area (TPSA) is 70.6 Å². The van der Waals surface area contributed by atoms with Crippen LogP contribution in [-0.4, -0.2) is 72.3 Å². The van der Waals surface area contributed by atoms with E-state index < -0.39 is 9.84 Å². The number of hydrogen-bond donors (Lipinski definition) is 0. The van der Waals surface area contributed by atoms with Crippen LogP contribution in [0.1, 0.15) is 28.8 Å². The zero-order valence-corrected chi connectivity index (χ0v) is 14.7. The minimum absolute atomic E-state index is 0.0499. The summed E-state index contributed by atoms with van der Waals surface area (Å²) in [6.07, 6.45) is 5.79. The third-order valence-corrected chi connectivity index (χ3v) is 7.06. The minimum atomic E-state index is -3.09. The average Bonchev–Trinajstić information content (AvgIpc) is 3.27. The van der Waals surface area contributed by atoms with Gasteiger partial charge in [0.05, 0.1) is 23.1 Å². The van der Waals surface area contributed by atoms with Crippen molar-refractivity contribution >= 4 is 15.7 Å². The van der Waals surface area contributed by atoms with Gasteiger partial charge in [-0.05, 0) is 37.3 Å². The molecule has 3 heterocycles. The zero-order valence-electron chi connectivity index (χ0n) is 13.9. The quantitative estimate of drug-likeness (QED) is 0.804. The van der Waals surface area contributed by atoms with Crippen LogP contribution in [0.5, 0.6) is 0 Å². The molecule has 3 fully saturated rings. The second-order valence-electron chi connectivity index (χ2n) is 7.40. The molecule has 7 heteroatoms. The molecule has 1 aliphatic carbocycles. The second-order valence-corrected chi connectivity index (χ2v) is 9.55. The number of aryl methyl sites for hydroxylation is 1. The molecule has 24 heavy (non-hydrogen) atoms. The van der Waals surface area contributed by atoms with Crippen molar-refractivity contribution in [3.05, 3.63) is 29.6 Å². The number of fused-ring (bicyclic) bond motifs is 1. The molecule has 2 atom stereocenters. The van der Waals surface area contributed by atoms with Crippen LogP contribution in [0.4, 0.5) is 0 Å². The first kappa shape index (κ1) is 16.0. The fraction of sp³-hybridized carbons (Fsp3) is 0.647. The van der Waals surface area contributed by atoms with Crippen LogP contribution in [0.2, 0.25) is 0 Å². The van der Waals surface area contributed by atoms with Crippen LogP contribution >= 0.6 is 0 Å². The number of rotatable bonds is 3. The van der Waals surface area contributed by atoms with E-state index in [1.807, 2.05) is 13.0 Å². The Morgan fingerprint density at radius 1 is 1.21 bits per heavy atom. The number of nitrogens with zero attached hydrogens (tertiary/aromatic N) is 3. The molecule has 1 saturated carbocycles. The summed E-state index contributed by atoms with van der Waals surface area (Å²) in [4.78, 5) is 21.1. The van der Waals surface area contributed by atoms with Crippen molar-refractivity contribution in [2.45, 2.75) is 31.8 Å². The number of sulfone groups is 1. The molecular weight excluding hydrogens is 326 g/mol. The summed E-state index contributed by atoms with van der Waals surface area (Å²) in [6, 6.07) is 1.55. The summed E-state index contributed by atoms with van der Waals surface area (Å²) in [5.41, 5.74) is 1.48. The van der Waals surface area contributed by atoms with Crippen LogP contribution in [-0.2, 0) is 9.84 Å². The predicted molar refractivity (Wildman–Crippen MR) is 90.5 cm³/mol. The zero-order chi connectivity index (χ0) is 16.9. The first-order valence-corrected chi connectivity index (χ1v) is 10.4. The van der Waals surface area contributed by atoms with Gasteiger partial charge in [-0.2, -0.15) is 0 Å². The Labute approximate surface area is 142 Å². The third-order valence-electron chi connectivity index (χ3n) is 5.36. The summed E-state index contributed by atoms with van der Waals surface area (Å²) in [5.74, 6) is 0.894. The van der Waals surface area contributed by atoms with Crippen LogP contribution < -0.4 is 0 Å². The van der Waals surface area contributed by atoms with Gasteiger partial charge in [0, 0.05) is 38.1 Å². The van der Waals surface area contributed by atoms with E-state index in [1.54, 1.807) is 17.3 Å². The fourth-order valence-corrected chi connectivity index (χ4v) is 5.99. The summed E-state index contributed by atoms with van der Waals surface area (Å²) >= 11 is 0. The van der Waals surface area contributed by atoms with E-state index in [4.69, 9.17) is 0 Å². The number of piperazine rings is 1. The first-order chi connectivity index (χ1) is 11.4. The minimum Gasteiger partial charge on any atom is -0.332 e. The number of aromatic nitrogens is 1. The molecule has 2 aliphatic heterocycles. The molecule has 2 saturated heterocycles. The third kappa shape index (κ3) is 3.07. The highest BCUT2D eigenvalue weighted by atomic mass is 32.2. The van der Waals surface area contributed by atoms with E-state index in [-0.39, 0.29) is 29.5 Å². The van der Waals surface area contributed by atoms with Gasteiger partial charge in [-0.25, -0.2) is 8.42 Å². The van der Waals surface area contributed by atoms with Crippen molar-refractivity contribution in [2.75, 3.05) is 31.1 Å². The van der Waals surface area contributed by atoms with Crippen molar-refractivity contribution < 1.29 is 13.2 Å². The molecule has 0 radical (unpaired) electrons. The van der Waals surface area contributed by atoms with Gasteiger partial charge in [0.1, 0.15) is 0 Å². The van der Waals surface area contributed by atoms with E-state index >= 15 is 0 Å². The largest absolute Gasteiger partial charge is 0.332 e. The second kappa shape index (κ2) is 5.81. The van der Waals surface area contributed by atoms with E-state index in [2.05, 4.69) is 9.88 Å². The molecule has 0 aromatic carbocycles. The fourth-order valence-electron chi connectivity index (χ4n) is 3.97. The van der Waals surface area contributed by atoms with Crippen molar-refractivity contribution in [3.8, 4) is 0 Å². The normalized spacial score (nSPS) is 29.5. The summed E-state index contributed by atoms with van der Waals surface area (Å²) in [7, 11) is -3.09. The van der Waals surface area contributed by atoms with Gasteiger partial charge in [-0.1, -0.05) is 0 Å². The number of carbonyl (C=O) groups excluding carboxylic acids is 1. The Kier molecular flexibility index (Phi) is 3.88. The Bertz CT molecular complexity index is 760.